The Hall–Kier alpha value is -4.06. The predicted octanol–water partition coefficient (Wildman–Crippen LogP) is 5.76. The lowest BCUT2D eigenvalue weighted by Gasteiger charge is -2.34. The number of anilines is 4. The number of hydrogen-bond donors (Lipinski definition) is 3. The molecule has 43 heavy (non-hydrogen) atoms. The molecule has 1 fully saturated rings. The Morgan fingerprint density at radius 3 is 2.42 bits per heavy atom. The lowest BCUT2D eigenvalue weighted by molar-refractivity contribution is 0.248. The first-order valence-electron chi connectivity index (χ1n) is 14.5. The van der Waals surface area contributed by atoms with Gasteiger partial charge in [-0.3, -0.25) is 0 Å². The maximum absolute atomic E-state index is 13.5. The number of fused-ring (bicyclic) bond motifs is 1. The number of hydrogen-bond acceptors (Lipinski definition) is 8. The summed E-state index contributed by atoms with van der Waals surface area (Å²) in [5.74, 6) is 1.59. The molecule has 2 aliphatic rings. The van der Waals surface area contributed by atoms with Crippen molar-refractivity contribution in [2.24, 2.45) is 0 Å². The van der Waals surface area contributed by atoms with Crippen molar-refractivity contribution in [2.75, 3.05) is 24.3 Å². The molecule has 1 aliphatic carbocycles. The van der Waals surface area contributed by atoms with Crippen molar-refractivity contribution in [3.05, 3.63) is 95.9 Å². The van der Waals surface area contributed by atoms with Gasteiger partial charge < -0.3 is 20.7 Å². The van der Waals surface area contributed by atoms with Crippen LogP contribution in [-0.2, 0) is 23.0 Å². The van der Waals surface area contributed by atoms with E-state index in [-0.39, 0.29) is 16.8 Å². The molecule has 1 saturated carbocycles. The topological polar surface area (TPSA) is 108 Å². The van der Waals surface area contributed by atoms with Crippen LogP contribution in [0.5, 0.6) is 5.75 Å². The van der Waals surface area contributed by atoms with E-state index in [4.69, 9.17) is 4.74 Å². The molecule has 0 amide bonds. The van der Waals surface area contributed by atoms with E-state index in [0.29, 0.717) is 29.2 Å². The number of aromatic nitrogens is 2. The molecule has 1 aliphatic heterocycles. The van der Waals surface area contributed by atoms with E-state index in [1.807, 2.05) is 0 Å². The summed E-state index contributed by atoms with van der Waals surface area (Å²) in [6.07, 6.45) is 6.00. The van der Waals surface area contributed by atoms with Crippen molar-refractivity contribution in [2.45, 2.75) is 55.6 Å². The Kier molecular flexibility index (Phi) is 8.55. The molecule has 0 atom stereocenters. The minimum atomic E-state index is -3.65. The standard InChI is InChI=1S/C32H35FN6O3S/c1-39(28-13-9-25(10-14-28)35-21-23-4-2-3-22-18-20-42-31(22)23)43(40,41)29-15-11-27(12-16-29)37-32-34-19-17-30(38-32)36-26-7-5-24(33)6-8-26/h2-8,11-12,15-17,19,25,28,35H,9-10,13-14,18,20-21H2,1H3,(H2,34,36,37,38). The highest BCUT2D eigenvalue weighted by Gasteiger charge is 2.31. The van der Waals surface area contributed by atoms with E-state index in [2.05, 4.69) is 44.1 Å². The van der Waals surface area contributed by atoms with Crippen LogP contribution in [0.2, 0.25) is 0 Å². The van der Waals surface area contributed by atoms with Crippen molar-refractivity contribution < 1.29 is 17.5 Å². The second kappa shape index (κ2) is 12.7. The second-order valence-corrected chi connectivity index (χ2v) is 13.0. The van der Waals surface area contributed by atoms with Crippen LogP contribution < -0.4 is 20.7 Å². The average Bonchev–Trinajstić information content (AvgIpc) is 3.51. The number of nitrogens with one attached hydrogen (secondary N) is 3. The van der Waals surface area contributed by atoms with Crippen LogP contribution in [0, 0.1) is 5.82 Å². The molecule has 0 bridgehead atoms. The third-order valence-corrected chi connectivity index (χ3v) is 10.1. The van der Waals surface area contributed by atoms with E-state index in [0.717, 1.165) is 51.0 Å². The number of nitrogens with zero attached hydrogens (tertiary/aromatic N) is 3. The highest BCUT2D eigenvalue weighted by molar-refractivity contribution is 7.89. The first-order chi connectivity index (χ1) is 20.8. The van der Waals surface area contributed by atoms with Crippen LogP contribution in [-0.4, -0.2) is 48.4 Å². The predicted molar refractivity (Wildman–Crippen MR) is 165 cm³/mol. The molecule has 0 saturated heterocycles. The summed E-state index contributed by atoms with van der Waals surface area (Å²) < 4.78 is 47.5. The molecule has 11 heteroatoms. The molecule has 3 N–H and O–H groups in total. The van der Waals surface area contributed by atoms with Gasteiger partial charge in [0.05, 0.1) is 11.5 Å². The van der Waals surface area contributed by atoms with Crippen molar-refractivity contribution in [1.29, 1.82) is 0 Å². The summed E-state index contributed by atoms with van der Waals surface area (Å²) in [5, 5.41) is 9.87. The zero-order chi connectivity index (χ0) is 29.8. The van der Waals surface area contributed by atoms with Crippen LogP contribution in [0.15, 0.2) is 83.9 Å². The number of sulfonamides is 1. The molecule has 6 rings (SSSR count). The van der Waals surface area contributed by atoms with Gasteiger partial charge in [0.15, 0.2) is 0 Å². The van der Waals surface area contributed by atoms with Gasteiger partial charge in [-0.2, -0.15) is 9.29 Å². The van der Waals surface area contributed by atoms with Crippen molar-refractivity contribution in [3.8, 4) is 5.75 Å². The maximum atomic E-state index is 13.5. The Morgan fingerprint density at radius 2 is 1.65 bits per heavy atom. The molecule has 9 nitrogen and oxygen atoms in total. The second-order valence-electron chi connectivity index (χ2n) is 11.0. The lowest BCUT2D eigenvalue weighted by atomic mass is 9.91. The van der Waals surface area contributed by atoms with Gasteiger partial charge in [-0.15, -0.1) is 0 Å². The van der Waals surface area contributed by atoms with Gasteiger partial charge in [-0.25, -0.2) is 17.8 Å². The third kappa shape index (κ3) is 6.79. The molecular weight excluding hydrogens is 567 g/mol. The summed E-state index contributed by atoms with van der Waals surface area (Å²) in [5.41, 5.74) is 3.81. The number of para-hydroxylation sites is 1. The van der Waals surface area contributed by atoms with E-state index in [9.17, 15) is 12.8 Å². The van der Waals surface area contributed by atoms with Gasteiger partial charge in [0.1, 0.15) is 17.4 Å². The minimum Gasteiger partial charge on any atom is -0.493 e. The maximum Gasteiger partial charge on any atom is 0.243 e. The highest BCUT2D eigenvalue weighted by atomic mass is 32.2. The Morgan fingerprint density at radius 1 is 0.930 bits per heavy atom. The highest BCUT2D eigenvalue weighted by Crippen LogP contribution is 2.31. The molecule has 0 unspecified atom stereocenters. The normalized spacial score (nSPS) is 18.2. The molecule has 0 radical (unpaired) electrons. The van der Waals surface area contributed by atoms with E-state index in [1.54, 1.807) is 55.7 Å². The first-order valence-corrected chi connectivity index (χ1v) is 16.0. The summed E-state index contributed by atoms with van der Waals surface area (Å²) in [6, 6.07) is 20.9. The van der Waals surface area contributed by atoms with Gasteiger partial charge >= 0.3 is 0 Å². The van der Waals surface area contributed by atoms with Gasteiger partial charge in [-0.1, -0.05) is 18.2 Å². The number of rotatable bonds is 10. The Balaban J connectivity index is 1.02. The van der Waals surface area contributed by atoms with Crippen LogP contribution >= 0.6 is 0 Å². The molecule has 3 aromatic carbocycles. The molecule has 0 spiro atoms. The van der Waals surface area contributed by atoms with Crippen LogP contribution in [0.4, 0.5) is 27.5 Å². The first kappa shape index (κ1) is 29.0. The minimum absolute atomic E-state index is 0.0464. The molecule has 1 aromatic heterocycles. The zero-order valence-electron chi connectivity index (χ0n) is 24.0. The molecule has 4 aromatic rings. The Labute approximate surface area is 251 Å². The summed E-state index contributed by atoms with van der Waals surface area (Å²) in [7, 11) is -1.97. The number of ether oxygens (including phenoxy) is 1. The summed E-state index contributed by atoms with van der Waals surface area (Å²) in [4.78, 5) is 8.92. The average molecular weight is 603 g/mol. The fourth-order valence-corrected chi connectivity index (χ4v) is 7.11. The van der Waals surface area contributed by atoms with E-state index in [1.165, 1.54) is 27.6 Å². The summed E-state index contributed by atoms with van der Waals surface area (Å²) in [6.45, 7) is 1.50. The summed E-state index contributed by atoms with van der Waals surface area (Å²) >= 11 is 0. The fraction of sp³-hybridized carbons (Fsp3) is 0.312. The van der Waals surface area contributed by atoms with E-state index >= 15 is 0 Å². The lowest BCUT2D eigenvalue weighted by Crippen LogP contribution is -2.43. The fourth-order valence-electron chi connectivity index (χ4n) is 5.69. The molecule has 2 heterocycles. The quantitative estimate of drug-likeness (QED) is 0.210. The zero-order valence-corrected chi connectivity index (χ0v) is 24.8. The Bertz CT molecular complexity index is 1660. The SMILES string of the molecule is CN(C1CCC(NCc2cccc3c2OCC3)CC1)S(=O)(=O)c1ccc(Nc2nccc(Nc3ccc(F)cc3)n2)cc1. The smallest absolute Gasteiger partial charge is 0.243 e. The third-order valence-electron chi connectivity index (χ3n) is 8.15. The number of benzene rings is 3. The van der Waals surface area contributed by atoms with Gasteiger partial charge in [0.2, 0.25) is 16.0 Å². The monoisotopic (exact) mass is 602 g/mol. The van der Waals surface area contributed by atoms with Crippen LogP contribution in [0.3, 0.4) is 0 Å². The van der Waals surface area contributed by atoms with Crippen molar-refractivity contribution >= 4 is 33.2 Å². The van der Waals surface area contributed by atoms with Crippen LogP contribution in [0.1, 0.15) is 36.8 Å². The molecular formula is C32H35FN6O3S. The van der Waals surface area contributed by atoms with Crippen molar-refractivity contribution in [1.82, 2.24) is 19.6 Å². The van der Waals surface area contributed by atoms with Gasteiger partial charge in [0.25, 0.3) is 0 Å². The largest absolute Gasteiger partial charge is 0.493 e. The van der Waals surface area contributed by atoms with Crippen molar-refractivity contribution in [3.63, 3.8) is 0 Å². The van der Waals surface area contributed by atoms with E-state index < -0.39 is 10.0 Å². The molecule has 224 valence electrons. The van der Waals surface area contributed by atoms with Gasteiger partial charge in [-0.05, 0) is 85.8 Å². The number of halogens is 1. The van der Waals surface area contributed by atoms with Crippen LogP contribution in [0.25, 0.3) is 0 Å². The van der Waals surface area contributed by atoms with Gasteiger partial charge in [0, 0.05) is 55.2 Å².